The average Bonchev–Trinajstić information content (AvgIpc) is 2.99. The molecule has 1 saturated carbocycles. The minimum Gasteiger partial charge on any atom is -0.374 e. The third-order valence-corrected chi connectivity index (χ3v) is 9.15. The number of carbonyl (C=O) groups excluding carboxylic acids is 2. The standard InChI is InChI=1S/C26H31Cl2NO4Si/c1-32-24-15-26(21(14-23(24)30)17-6-5-7-18(27)12-17)20-9-8-19(28)13-22(20)29(25(26)31)16-33-10-11-34(2,3)4/h5-9,12-13,21,24H,10-11,14-16H2,1-4H3. The number of benzene rings is 2. The van der Waals surface area contributed by atoms with Crippen molar-refractivity contribution in [3.05, 3.63) is 63.6 Å². The van der Waals surface area contributed by atoms with Crippen LogP contribution >= 0.6 is 23.2 Å². The van der Waals surface area contributed by atoms with Gasteiger partial charge in [-0.1, -0.05) is 61.0 Å². The molecule has 0 aromatic heterocycles. The highest BCUT2D eigenvalue weighted by Crippen LogP contribution is 2.56. The molecule has 1 aliphatic carbocycles. The van der Waals surface area contributed by atoms with E-state index in [2.05, 4.69) is 19.6 Å². The Balaban J connectivity index is 1.78. The summed E-state index contributed by atoms with van der Waals surface area (Å²) < 4.78 is 11.6. The maximum Gasteiger partial charge on any atom is 0.240 e. The molecular formula is C26H31Cl2NO4Si. The summed E-state index contributed by atoms with van der Waals surface area (Å²) in [5.41, 5.74) is 1.49. The van der Waals surface area contributed by atoms with Crippen molar-refractivity contribution in [3.8, 4) is 0 Å². The lowest BCUT2D eigenvalue weighted by molar-refractivity contribution is -0.139. The van der Waals surface area contributed by atoms with Gasteiger partial charge in [0, 0.05) is 44.2 Å². The normalized spacial score (nSPS) is 24.7. The Bertz CT molecular complexity index is 1100. The monoisotopic (exact) mass is 519 g/mol. The van der Waals surface area contributed by atoms with Crippen LogP contribution in [0.3, 0.4) is 0 Å². The molecule has 182 valence electrons. The summed E-state index contributed by atoms with van der Waals surface area (Å²) in [7, 11) is 0.255. The molecule has 4 rings (SSSR count). The molecule has 2 aromatic rings. The van der Waals surface area contributed by atoms with Crippen molar-refractivity contribution in [2.45, 2.75) is 56.0 Å². The maximum absolute atomic E-state index is 14.3. The number of hydrogen-bond donors (Lipinski definition) is 0. The summed E-state index contributed by atoms with van der Waals surface area (Å²) in [6.07, 6.45) is -0.203. The first-order valence-corrected chi connectivity index (χ1v) is 16.0. The molecule has 1 heterocycles. The lowest BCUT2D eigenvalue weighted by atomic mass is 9.60. The highest BCUT2D eigenvalue weighted by molar-refractivity contribution is 6.76. The SMILES string of the molecule is COC1CC2(C(=O)N(COCC[Si](C)(C)C)c3cc(Cl)ccc32)C(c2cccc(Cl)c2)CC1=O. The number of ether oxygens (including phenoxy) is 2. The van der Waals surface area contributed by atoms with Gasteiger partial charge in [-0.25, -0.2) is 0 Å². The molecule has 2 aromatic carbocycles. The van der Waals surface area contributed by atoms with E-state index < -0.39 is 19.6 Å². The number of fused-ring (bicyclic) bond motifs is 2. The van der Waals surface area contributed by atoms with E-state index >= 15 is 0 Å². The molecule has 5 nitrogen and oxygen atoms in total. The molecule has 1 aliphatic heterocycles. The van der Waals surface area contributed by atoms with E-state index in [4.69, 9.17) is 32.7 Å². The lowest BCUT2D eigenvalue weighted by Crippen LogP contribution is -2.52. The zero-order chi connectivity index (χ0) is 24.7. The highest BCUT2D eigenvalue weighted by atomic mass is 35.5. The van der Waals surface area contributed by atoms with Crippen molar-refractivity contribution >= 4 is 48.7 Å². The molecule has 3 unspecified atom stereocenters. The number of Topliss-reactive ketones (excluding diaryl/α,β-unsaturated/α-hetero) is 1. The molecular weight excluding hydrogens is 489 g/mol. The van der Waals surface area contributed by atoms with Gasteiger partial charge in [-0.05, 0) is 47.9 Å². The smallest absolute Gasteiger partial charge is 0.240 e. The molecule has 8 heteroatoms. The highest BCUT2D eigenvalue weighted by Gasteiger charge is 2.60. The molecule has 1 fully saturated rings. The van der Waals surface area contributed by atoms with Crippen LogP contribution in [0.15, 0.2) is 42.5 Å². The van der Waals surface area contributed by atoms with Gasteiger partial charge in [0.25, 0.3) is 0 Å². The first-order valence-electron chi connectivity index (χ1n) is 11.6. The number of methoxy groups -OCH3 is 1. The maximum atomic E-state index is 14.3. The Labute approximate surface area is 212 Å². The zero-order valence-electron chi connectivity index (χ0n) is 20.1. The van der Waals surface area contributed by atoms with Gasteiger partial charge in [-0.15, -0.1) is 0 Å². The summed E-state index contributed by atoms with van der Waals surface area (Å²) in [4.78, 5) is 28.9. The number of anilines is 1. The molecule has 3 atom stereocenters. The Morgan fingerprint density at radius 2 is 1.82 bits per heavy atom. The number of hydrogen-bond acceptors (Lipinski definition) is 4. The summed E-state index contributed by atoms with van der Waals surface area (Å²) in [6.45, 7) is 7.62. The van der Waals surface area contributed by atoms with Crippen LogP contribution in [0, 0.1) is 0 Å². The minimum atomic E-state index is -1.27. The van der Waals surface area contributed by atoms with Gasteiger partial charge in [0.1, 0.15) is 12.8 Å². The van der Waals surface area contributed by atoms with Crippen molar-refractivity contribution in [2.24, 2.45) is 0 Å². The fraction of sp³-hybridized carbons (Fsp3) is 0.462. The first kappa shape index (κ1) is 25.4. The zero-order valence-corrected chi connectivity index (χ0v) is 22.6. The van der Waals surface area contributed by atoms with Gasteiger partial charge < -0.3 is 9.47 Å². The van der Waals surface area contributed by atoms with Crippen LogP contribution in [-0.4, -0.2) is 46.3 Å². The van der Waals surface area contributed by atoms with Crippen LogP contribution < -0.4 is 4.90 Å². The number of amides is 1. The van der Waals surface area contributed by atoms with E-state index in [1.165, 1.54) is 7.11 Å². The second kappa shape index (κ2) is 9.74. The number of nitrogens with zero attached hydrogens (tertiary/aromatic N) is 1. The Morgan fingerprint density at radius 1 is 1.09 bits per heavy atom. The van der Waals surface area contributed by atoms with E-state index in [0.717, 1.165) is 22.9 Å². The summed E-state index contributed by atoms with van der Waals surface area (Å²) >= 11 is 12.7. The van der Waals surface area contributed by atoms with Gasteiger partial charge in [0.2, 0.25) is 5.91 Å². The largest absolute Gasteiger partial charge is 0.374 e. The number of carbonyl (C=O) groups is 2. The second-order valence-electron chi connectivity index (χ2n) is 10.4. The minimum absolute atomic E-state index is 0.00810. The predicted molar refractivity (Wildman–Crippen MR) is 139 cm³/mol. The quantitative estimate of drug-likeness (QED) is 0.329. The molecule has 1 spiro atoms. The topological polar surface area (TPSA) is 55.8 Å². The fourth-order valence-corrected chi connectivity index (χ4v) is 6.28. The molecule has 0 N–H and O–H groups in total. The molecule has 2 aliphatic rings. The Morgan fingerprint density at radius 3 is 2.50 bits per heavy atom. The molecule has 0 bridgehead atoms. The van der Waals surface area contributed by atoms with E-state index in [1.54, 1.807) is 17.0 Å². The van der Waals surface area contributed by atoms with Crippen LogP contribution in [0.4, 0.5) is 5.69 Å². The summed E-state index contributed by atoms with van der Waals surface area (Å²) in [5, 5.41) is 1.12. The predicted octanol–water partition coefficient (Wildman–Crippen LogP) is 6.05. The first-order chi connectivity index (χ1) is 16.1. The van der Waals surface area contributed by atoms with Gasteiger partial charge >= 0.3 is 0 Å². The summed E-state index contributed by atoms with van der Waals surface area (Å²) in [6, 6.07) is 14.0. The third-order valence-electron chi connectivity index (χ3n) is 6.98. The van der Waals surface area contributed by atoms with Gasteiger partial charge in [-0.2, -0.15) is 0 Å². The fourth-order valence-electron chi connectivity index (χ4n) is 5.16. The van der Waals surface area contributed by atoms with Crippen LogP contribution in [-0.2, 0) is 24.5 Å². The summed E-state index contributed by atoms with van der Waals surface area (Å²) in [5.74, 6) is -0.465. The van der Waals surface area contributed by atoms with Crippen molar-refractivity contribution < 1.29 is 19.1 Å². The van der Waals surface area contributed by atoms with Gasteiger partial charge in [0.05, 0.1) is 11.1 Å². The average molecular weight is 521 g/mol. The molecule has 0 saturated heterocycles. The third kappa shape index (κ3) is 4.71. The van der Waals surface area contributed by atoms with Crippen LogP contribution in [0.1, 0.15) is 29.9 Å². The Hall–Kier alpha value is -1.70. The molecule has 0 radical (unpaired) electrons. The van der Waals surface area contributed by atoms with Gasteiger partial charge in [0.15, 0.2) is 5.78 Å². The van der Waals surface area contributed by atoms with Gasteiger partial charge in [-0.3, -0.25) is 14.5 Å². The van der Waals surface area contributed by atoms with E-state index in [-0.39, 0.29) is 37.2 Å². The number of rotatable bonds is 7. The lowest BCUT2D eigenvalue weighted by Gasteiger charge is -2.42. The van der Waals surface area contributed by atoms with E-state index in [9.17, 15) is 9.59 Å². The van der Waals surface area contributed by atoms with Crippen molar-refractivity contribution in [1.82, 2.24) is 0 Å². The van der Waals surface area contributed by atoms with E-state index in [0.29, 0.717) is 16.7 Å². The van der Waals surface area contributed by atoms with Crippen LogP contribution in [0.2, 0.25) is 35.7 Å². The number of halogens is 2. The van der Waals surface area contributed by atoms with Crippen LogP contribution in [0.5, 0.6) is 0 Å². The van der Waals surface area contributed by atoms with Crippen molar-refractivity contribution in [3.63, 3.8) is 0 Å². The van der Waals surface area contributed by atoms with Crippen molar-refractivity contribution in [2.75, 3.05) is 25.3 Å². The number of ketones is 1. The molecule has 34 heavy (non-hydrogen) atoms. The second-order valence-corrected chi connectivity index (χ2v) is 16.9. The van der Waals surface area contributed by atoms with Crippen molar-refractivity contribution in [1.29, 1.82) is 0 Å². The Kier molecular flexibility index (Phi) is 7.28. The molecule has 1 amide bonds. The van der Waals surface area contributed by atoms with E-state index in [1.807, 2.05) is 30.3 Å². The van der Waals surface area contributed by atoms with Crippen LogP contribution in [0.25, 0.3) is 0 Å².